The molecule has 1 amide bonds. The van der Waals surface area contributed by atoms with E-state index >= 15 is 0 Å². The molecule has 0 saturated carbocycles. The lowest BCUT2D eigenvalue weighted by molar-refractivity contribution is 0.0653. The van der Waals surface area contributed by atoms with Crippen molar-refractivity contribution in [3.63, 3.8) is 0 Å². The highest BCUT2D eigenvalue weighted by atomic mass is 19.1. The van der Waals surface area contributed by atoms with Gasteiger partial charge in [0, 0.05) is 49.1 Å². The number of aromatic nitrogens is 2. The quantitative estimate of drug-likeness (QED) is 0.698. The van der Waals surface area contributed by atoms with Gasteiger partial charge in [0.25, 0.3) is 5.91 Å². The van der Waals surface area contributed by atoms with Crippen LogP contribution in [0.25, 0.3) is 11.0 Å². The van der Waals surface area contributed by atoms with Gasteiger partial charge in [-0.25, -0.2) is 14.2 Å². The summed E-state index contributed by atoms with van der Waals surface area (Å²) in [6.07, 6.45) is 3.91. The number of benzene rings is 2. The van der Waals surface area contributed by atoms with Gasteiger partial charge < -0.3 is 4.90 Å². The van der Waals surface area contributed by atoms with Crippen LogP contribution in [0.3, 0.4) is 0 Å². The van der Waals surface area contributed by atoms with Crippen LogP contribution >= 0.6 is 0 Å². The lowest BCUT2D eigenvalue weighted by Crippen LogP contribution is -2.47. The summed E-state index contributed by atoms with van der Waals surface area (Å²) < 4.78 is 27.7. The number of nitrogens with one attached hydrogen (secondary N) is 2. The molecule has 2 N–H and O–H groups in total. The van der Waals surface area contributed by atoms with E-state index in [1.165, 1.54) is 12.1 Å². The zero-order valence-electron chi connectivity index (χ0n) is 15.5. The van der Waals surface area contributed by atoms with Crippen molar-refractivity contribution in [2.24, 2.45) is 5.92 Å². The normalized spacial score (nSPS) is 23.9. The smallest absolute Gasteiger partial charge is 0.256 e. The fourth-order valence-corrected chi connectivity index (χ4v) is 4.38. The van der Waals surface area contributed by atoms with Crippen LogP contribution in [-0.4, -0.2) is 39.9 Å². The highest BCUT2D eigenvalue weighted by molar-refractivity contribution is 6.04. The summed E-state index contributed by atoms with van der Waals surface area (Å²) in [4.78, 5) is 23.6. The third-order valence-electron chi connectivity index (χ3n) is 5.82. The molecule has 3 unspecified atom stereocenters. The van der Waals surface area contributed by atoms with E-state index < -0.39 is 11.6 Å². The van der Waals surface area contributed by atoms with Crippen molar-refractivity contribution in [1.82, 2.24) is 25.7 Å². The Hall–Kier alpha value is -2.97. The Morgan fingerprint density at radius 2 is 1.97 bits per heavy atom. The van der Waals surface area contributed by atoms with Crippen LogP contribution in [0.1, 0.15) is 28.4 Å². The monoisotopic (exact) mass is 395 g/mol. The van der Waals surface area contributed by atoms with Gasteiger partial charge in [-0.05, 0) is 24.6 Å². The molecule has 2 aliphatic rings. The number of carbonyl (C=O) groups is 1. The molecule has 148 valence electrons. The molecule has 3 aromatic rings. The number of amides is 1. The predicted octanol–water partition coefficient (Wildman–Crippen LogP) is 2.59. The van der Waals surface area contributed by atoms with Gasteiger partial charge in [-0.2, -0.15) is 0 Å². The zero-order valence-corrected chi connectivity index (χ0v) is 15.5. The Morgan fingerprint density at radius 3 is 2.83 bits per heavy atom. The molecular formula is C21H19F2N5O. The minimum absolute atomic E-state index is 0.0336. The first kappa shape index (κ1) is 18.1. The minimum atomic E-state index is -0.605. The molecule has 29 heavy (non-hydrogen) atoms. The van der Waals surface area contributed by atoms with E-state index in [1.54, 1.807) is 29.4 Å². The zero-order chi connectivity index (χ0) is 20.0. The van der Waals surface area contributed by atoms with Gasteiger partial charge in [0.1, 0.15) is 17.2 Å². The molecule has 3 heterocycles. The Bertz CT molecular complexity index is 1090. The lowest BCUT2D eigenvalue weighted by Gasteiger charge is -2.36. The maximum absolute atomic E-state index is 14.4. The van der Waals surface area contributed by atoms with Crippen LogP contribution < -0.4 is 10.9 Å². The average Bonchev–Trinajstić information content (AvgIpc) is 3.16. The molecule has 5 rings (SSSR count). The fraction of sp³-hybridized carbons (Fsp3) is 0.286. The van der Waals surface area contributed by atoms with Gasteiger partial charge in [0.2, 0.25) is 0 Å². The van der Waals surface area contributed by atoms with Crippen molar-refractivity contribution in [3.8, 4) is 0 Å². The fourth-order valence-electron chi connectivity index (χ4n) is 4.38. The summed E-state index contributed by atoms with van der Waals surface area (Å²) in [6.45, 7) is 1.05. The van der Waals surface area contributed by atoms with Crippen molar-refractivity contribution in [1.29, 1.82) is 0 Å². The second kappa shape index (κ2) is 7.13. The third kappa shape index (κ3) is 3.14. The Labute approximate surface area is 165 Å². The number of hydrogen-bond donors (Lipinski definition) is 2. The Balaban J connectivity index is 1.43. The highest BCUT2D eigenvalue weighted by Gasteiger charge is 2.42. The minimum Gasteiger partial charge on any atom is -0.338 e. The predicted molar refractivity (Wildman–Crippen MR) is 103 cm³/mol. The van der Waals surface area contributed by atoms with Gasteiger partial charge in [0.15, 0.2) is 0 Å². The number of carbonyl (C=O) groups excluding carboxylic acids is 1. The van der Waals surface area contributed by atoms with Crippen molar-refractivity contribution in [3.05, 3.63) is 71.6 Å². The lowest BCUT2D eigenvalue weighted by atomic mass is 9.84. The largest absolute Gasteiger partial charge is 0.338 e. The molecule has 0 spiro atoms. The molecule has 6 nitrogen and oxygen atoms in total. The number of para-hydroxylation sites is 1. The molecule has 2 saturated heterocycles. The average molecular weight is 395 g/mol. The van der Waals surface area contributed by atoms with Crippen molar-refractivity contribution >= 4 is 16.9 Å². The molecule has 2 fully saturated rings. The summed E-state index contributed by atoms with van der Waals surface area (Å²) in [5, 5.41) is 0. The van der Waals surface area contributed by atoms with E-state index in [-0.39, 0.29) is 23.9 Å². The summed E-state index contributed by atoms with van der Waals surface area (Å²) in [6, 6.07) is 8.76. The van der Waals surface area contributed by atoms with Crippen molar-refractivity contribution in [2.45, 2.75) is 18.5 Å². The summed E-state index contributed by atoms with van der Waals surface area (Å²) in [5.74, 6) is -1.34. The second-order valence-electron chi connectivity index (χ2n) is 7.47. The second-order valence-corrected chi connectivity index (χ2v) is 7.47. The number of hydrogen-bond acceptors (Lipinski definition) is 5. The number of piperidine rings is 1. The van der Waals surface area contributed by atoms with Crippen LogP contribution in [0.15, 0.2) is 48.8 Å². The van der Waals surface area contributed by atoms with Crippen LogP contribution in [0.4, 0.5) is 8.78 Å². The molecule has 0 radical (unpaired) electrons. The van der Waals surface area contributed by atoms with E-state index in [2.05, 4.69) is 20.8 Å². The van der Waals surface area contributed by atoms with Gasteiger partial charge in [0.05, 0.1) is 17.1 Å². The highest BCUT2D eigenvalue weighted by Crippen LogP contribution is 2.35. The first-order chi connectivity index (χ1) is 14.1. The molecule has 2 aliphatic heterocycles. The number of likely N-dealkylation sites (tertiary alicyclic amines) is 1. The van der Waals surface area contributed by atoms with Crippen LogP contribution in [-0.2, 0) is 0 Å². The standard InChI is InChI=1S/C21H19F2N5O/c22-12-4-5-13(16(23)10-12)19-15-11-28(9-6-17(15)26-27-19)21(29)14-2-1-3-18-20(14)25-8-7-24-18/h1-5,7-8,10,15,17,19,26-27H,6,9,11H2. The number of hydrazine groups is 1. The van der Waals surface area contributed by atoms with Gasteiger partial charge in [-0.3, -0.25) is 20.2 Å². The molecule has 2 aromatic carbocycles. The molecular weight excluding hydrogens is 376 g/mol. The van der Waals surface area contributed by atoms with E-state index in [0.717, 1.165) is 12.5 Å². The van der Waals surface area contributed by atoms with Gasteiger partial charge >= 0.3 is 0 Å². The summed E-state index contributed by atoms with van der Waals surface area (Å²) >= 11 is 0. The molecule has 8 heteroatoms. The third-order valence-corrected chi connectivity index (χ3v) is 5.82. The van der Waals surface area contributed by atoms with Crippen molar-refractivity contribution < 1.29 is 13.6 Å². The molecule has 1 aromatic heterocycles. The van der Waals surface area contributed by atoms with E-state index in [4.69, 9.17) is 0 Å². The van der Waals surface area contributed by atoms with Crippen LogP contribution in [0, 0.1) is 17.6 Å². The van der Waals surface area contributed by atoms with Crippen molar-refractivity contribution in [2.75, 3.05) is 13.1 Å². The number of nitrogens with zero attached hydrogens (tertiary/aromatic N) is 3. The van der Waals surface area contributed by atoms with Crippen LogP contribution in [0.5, 0.6) is 0 Å². The first-order valence-electron chi connectivity index (χ1n) is 9.57. The molecule has 0 bridgehead atoms. The number of fused-ring (bicyclic) bond motifs is 2. The Kier molecular flexibility index (Phi) is 4.44. The van der Waals surface area contributed by atoms with E-state index in [9.17, 15) is 13.6 Å². The first-order valence-corrected chi connectivity index (χ1v) is 9.57. The van der Waals surface area contributed by atoms with Gasteiger partial charge in [-0.1, -0.05) is 12.1 Å². The van der Waals surface area contributed by atoms with Crippen LogP contribution in [0.2, 0.25) is 0 Å². The maximum Gasteiger partial charge on any atom is 0.256 e. The molecule has 3 atom stereocenters. The van der Waals surface area contributed by atoms with E-state index in [0.29, 0.717) is 35.2 Å². The number of rotatable bonds is 2. The maximum atomic E-state index is 14.4. The molecule has 0 aliphatic carbocycles. The summed E-state index contributed by atoms with van der Waals surface area (Å²) in [7, 11) is 0. The number of halogens is 2. The SMILES string of the molecule is O=C(c1cccc2nccnc12)N1CCC2NNC(c3ccc(F)cc3F)C2C1. The van der Waals surface area contributed by atoms with Gasteiger partial charge in [-0.15, -0.1) is 0 Å². The summed E-state index contributed by atoms with van der Waals surface area (Å²) in [5.41, 5.74) is 8.49. The van der Waals surface area contributed by atoms with E-state index in [1.807, 2.05) is 6.07 Å². The topological polar surface area (TPSA) is 70.2 Å². The Morgan fingerprint density at radius 1 is 1.10 bits per heavy atom.